The monoisotopic (exact) mass is 472 g/mol. The molecule has 0 atom stereocenters. The molecule has 0 fully saturated rings. The van der Waals surface area contributed by atoms with E-state index >= 15 is 0 Å². The van der Waals surface area contributed by atoms with Crippen LogP contribution in [0.5, 0.6) is 0 Å². The first-order valence-corrected chi connectivity index (χ1v) is 11.8. The van der Waals surface area contributed by atoms with Gasteiger partial charge in [-0.3, -0.25) is 9.20 Å². The Morgan fingerprint density at radius 1 is 0.861 bits per heavy atom. The van der Waals surface area contributed by atoms with Gasteiger partial charge in [0.05, 0.1) is 11.2 Å². The van der Waals surface area contributed by atoms with Crippen molar-refractivity contribution in [2.75, 3.05) is 0 Å². The smallest absolute Gasteiger partial charge is 0.247 e. The van der Waals surface area contributed by atoms with Crippen molar-refractivity contribution in [2.24, 2.45) is 0 Å². The highest BCUT2D eigenvalue weighted by Gasteiger charge is 2.15. The van der Waals surface area contributed by atoms with Gasteiger partial charge in [0, 0.05) is 48.1 Å². The average molecular weight is 473 g/mol. The summed E-state index contributed by atoms with van der Waals surface area (Å²) in [6, 6.07) is 26.4. The molecule has 7 heteroatoms. The zero-order valence-corrected chi connectivity index (χ0v) is 19.8. The predicted molar refractivity (Wildman–Crippen MR) is 142 cm³/mol. The molecule has 36 heavy (non-hydrogen) atoms. The summed E-state index contributed by atoms with van der Waals surface area (Å²) in [7, 11) is 0. The number of fused-ring (bicyclic) bond motifs is 3. The average Bonchev–Trinajstić information content (AvgIpc) is 3.31. The van der Waals surface area contributed by atoms with Crippen molar-refractivity contribution in [3.8, 4) is 22.4 Å². The Morgan fingerprint density at radius 2 is 1.64 bits per heavy atom. The third kappa shape index (κ3) is 4.16. The van der Waals surface area contributed by atoms with Gasteiger partial charge in [0.25, 0.3) is 0 Å². The van der Waals surface area contributed by atoms with Crippen molar-refractivity contribution >= 4 is 16.6 Å². The zero-order valence-electron chi connectivity index (χ0n) is 19.8. The van der Waals surface area contributed by atoms with E-state index in [0.29, 0.717) is 6.54 Å². The van der Waals surface area contributed by atoms with Gasteiger partial charge < -0.3 is 10.3 Å². The molecule has 6 rings (SSSR count). The molecule has 176 valence electrons. The molecule has 0 radical (unpaired) electrons. The SMILES string of the molecule is Cc1nnc2c3cc(-c4ccccc4)c(-c4ccc(CNCc5ccc(=O)[nH]c5)cc4)nc3ccn12. The minimum atomic E-state index is -0.0903. The first kappa shape index (κ1) is 21.9. The summed E-state index contributed by atoms with van der Waals surface area (Å²) in [5.41, 5.74) is 7.96. The highest BCUT2D eigenvalue weighted by atomic mass is 16.1. The van der Waals surface area contributed by atoms with Crippen LogP contribution in [0.2, 0.25) is 0 Å². The summed E-state index contributed by atoms with van der Waals surface area (Å²) in [5.74, 6) is 0.849. The van der Waals surface area contributed by atoms with E-state index in [9.17, 15) is 4.79 Å². The summed E-state index contributed by atoms with van der Waals surface area (Å²) < 4.78 is 1.99. The van der Waals surface area contributed by atoms with Crippen LogP contribution >= 0.6 is 0 Å². The van der Waals surface area contributed by atoms with Gasteiger partial charge in [-0.05, 0) is 35.7 Å². The van der Waals surface area contributed by atoms with Crippen molar-refractivity contribution in [2.45, 2.75) is 20.0 Å². The summed E-state index contributed by atoms with van der Waals surface area (Å²) in [4.78, 5) is 19.0. The van der Waals surface area contributed by atoms with E-state index in [-0.39, 0.29) is 5.56 Å². The second kappa shape index (κ2) is 9.20. The third-order valence-electron chi connectivity index (χ3n) is 6.36. The molecule has 0 aliphatic rings. The number of hydrogen-bond donors (Lipinski definition) is 2. The van der Waals surface area contributed by atoms with Crippen LogP contribution in [0.15, 0.2) is 96.1 Å². The number of aromatic nitrogens is 5. The van der Waals surface area contributed by atoms with Crippen LogP contribution in [-0.4, -0.2) is 24.6 Å². The number of pyridine rings is 3. The number of aryl methyl sites for hydroxylation is 1. The van der Waals surface area contributed by atoms with Crippen LogP contribution in [0.1, 0.15) is 17.0 Å². The van der Waals surface area contributed by atoms with Gasteiger partial charge >= 0.3 is 0 Å². The Morgan fingerprint density at radius 3 is 2.42 bits per heavy atom. The molecule has 6 aromatic rings. The Hall–Kier alpha value is -4.62. The Labute approximate surface area is 207 Å². The first-order chi connectivity index (χ1) is 17.7. The van der Waals surface area contributed by atoms with E-state index in [4.69, 9.17) is 4.98 Å². The fraction of sp³-hybridized carbons (Fsp3) is 0.103. The molecule has 2 aromatic carbocycles. The molecule has 2 N–H and O–H groups in total. The molecule has 4 aromatic heterocycles. The maximum Gasteiger partial charge on any atom is 0.247 e. The van der Waals surface area contributed by atoms with Crippen LogP contribution in [0.4, 0.5) is 0 Å². The Bertz CT molecular complexity index is 1720. The summed E-state index contributed by atoms with van der Waals surface area (Å²) in [5, 5.41) is 13.0. The zero-order chi connectivity index (χ0) is 24.5. The van der Waals surface area contributed by atoms with Gasteiger partial charge in [0.15, 0.2) is 5.65 Å². The first-order valence-electron chi connectivity index (χ1n) is 11.8. The van der Waals surface area contributed by atoms with Crippen molar-refractivity contribution in [3.63, 3.8) is 0 Å². The van der Waals surface area contributed by atoms with Crippen LogP contribution in [0.25, 0.3) is 38.9 Å². The maximum absolute atomic E-state index is 11.2. The van der Waals surface area contributed by atoms with E-state index in [2.05, 4.69) is 63.0 Å². The van der Waals surface area contributed by atoms with Crippen LogP contribution in [0, 0.1) is 6.92 Å². The van der Waals surface area contributed by atoms with E-state index in [1.165, 1.54) is 5.56 Å². The molecule has 0 saturated heterocycles. The minimum absolute atomic E-state index is 0.0903. The number of benzene rings is 2. The summed E-state index contributed by atoms with van der Waals surface area (Å²) >= 11 is 0. The highest BCUT2D eigenvalue weighted by Crippen LogP contribution is 2.34. The van der Waals surface area contributed by atoms with Crippen LogP contribution in [0.3, 0.4) is 0 Å². The molecular weight excluding hydrogens is 448 g/mol. The van der Waals surface area contributed by atoms with Crippen molar-refractivity contribution in [1.82, 2.24) is 29.9 Å². The number of nitrogens with one attached hydrogen (secondary N) is 2. The highest BCUT2D eigenvalue weighted by molar-refractivity contribution is 5.98. The lowest BCUT2D eigenvalue weighted by molar-refractivity contribution is 0.691. The van der Waals surface area contributed by atoms with Gasteiger partial charge in [0.1, 0.15) is 5.82 Å². The quantitative estimate of drug-likeness (QED) is 0.360. The summed E-state index contributed by atoms with van der Waals surface area (Å²) in [6.07, 6.45) is 3.71. The molecule has 4 heterocycles. The van der Waals surface area contributed by atoms with E-state index in [1.54, 1.807) is 12.3 Å². The number of H-pyrrole nitrogens is 1. The topological polar surface area (TPSA) is 88.0 Å². The van der Waals surface area contributed by atoms with Gasteiger partial charge in [-0.25, -0.2) is 4.98 Å². The lowest BCUT2D eigenvalue weighted by Crippen LogP contribution is -2.14. The minimum Gasteiger partial charge on any atom is -0.329 e. The molecule has 0 unspecified atom stereocenters. The van der Waals surface area contributed by atoms with Gasteiger partial charge in [0.2, 0.25) is 5.56 Å². The fourth-order valence-electron chi connectivity index (χ4n) is 4.45. The molecule has 0 spiro atoms. The van der Waals surface area contributed by atoms with E-state index in [1.807, 2.05) is 47.9 Å². The largest absolute Gasteiger partial charge is 0.329 e. The Balaban J connectivity index is 1.34. The van der Waals surface area contributed by atoms with E-state index < -0.39 is 0 Å². The van der Waals surface area contributed by atoms with Gasteiger partial charge in [-0.1, -0.05) is 60.7 Å². The fourth-order valence-corrected chi connectivity index (χ4v) is 4.45. The molecule has 7 nitrogen and oxygen atoms in total. The molecular formula is C29H24N6O. The number of aromatic amines is 1. The predicted octanol–water partition coefficient (Wildman–Crippen LogP) is 4.90. The van der Waals surface area contributed by atoms with Crippen molar-refractivity contribution in [3.05, 3.63) is 119 Å². The Kier molecular flexibility index (Phi) is 5.59. The lowest BCUT2D eigenvalue weighted by atomic mass is 9.97. The van der Waals surface area contributed by atoms with Crippen LogP contribution < -0.4 is 10.9 Å². The lowest BCUT2D eigenvalue weighted by Gasteiger charge is -2.13. The standard InChI is InChI=1S/C29H24N6O/c1-19-33-34-29-25-15-24(22-5-3-2-4-6-22)28(32-26(25)13-14-35(19)29)23-10-7-20(8-11-23)16-30-17-21-9-12-27(36)31-18-21/h2-15,18,30H,16-17H2,1H3,(H,31,36). The normalized spacial score (nSPS) is 11.4. The second-order valence-corrected chi connectivity index (χ2v) is 8.80. The molecule has 0 saturated carbocycles. The van der Waals surface area contributed by atoms with E-state index in [0.717, 1.165) is 56.9 Å². The van der Waals surface area contributed by atoms with Crippen molar-refractivity contribution in [1.29, 1.82) is 0 Å². The maximum atomic E-state index is 11.2. The second-order valence-electron chi connectivity index (χ2n) is 8.80. The van der Waals surface area contributed by atoms with Crippen molar-refractivity contribution < 1.29 is 0 Å². The van der Waals surface area contributed by atoms with Gasteiger partial charge in [-0.15, -0.1) is 10.2 Å². The molecule has 0 aliphatic carbocycles. The van der Waals surface area contributed by atoms with Crippen LogP contribution in [-0.2, 0) is 13.1 Å². The number of nitrogens with zero attached hydrogens (tertiary/aromatic N) is 4. The number of hydrogen-bond acceptors (Lipinski definition) is 5. The number of rotatable bonds is 6. The molecule has 0 bridgehead atoms. The summed E-state index contributed by atoms with van der Waals surface area (Å²) in [6.45, 7) is 3.35. The molecule has 0 amide bonds. The van der Waals surface area contributed by atoms with Gasteiger partial charge in [-0.2, -0.15) is 0 Å². The molecule has 0 aliphatic heterocycles. The third-order valence-corrected chi connectivity index (χ3v) is 6.36.